The van der Waals surface area contributed by atoms with Gasteiger partial charge >= 0.3 is 0 Å². The monoisotopic (exact) mass is 288 g/mol. The summed E-state index contributed by atoms with van der Waals surface area (Å²) in [5, 5.41) is 9.14. The van der Waals surface area contributed by atoms with E-state index in [4.69, 9.17) is 17.5 Å². The second-order valence-corrected chi connectivity index (χ2v) is 5.21. The number of nitrogens with zero attached hydrogens (tertiary/aromatic N) is 3. The van der Waals surface area contributed by atoms with Crippen LogP contribution in [0.5, 0.6) is 0 Å². The molecule has 0 amide bonds. The first-order valence-corrected chi connectivity index (χ1v) is 7.46. The first kappa shape index (κ1) is 14.8. The maximum Gasteiger partial charge on any atom is 0.178 e. The van der Waals surface area contributed by atoms with E-state index in [0.29, 0.717) is 10.3 Å². The van der Waals surface area contributed by atoms with E-state index in [9.17, 15) is 0 Å². The highest BCUT2D eigenvalue weighted by Crippen LogP contribution is 2.18. The minimum Gasteiger partial charge on any atom is -0.329 e. The van der Waals surface area contributed by atoms with Crippen LogP contribution in [0.15, 0.2) is 18.2 Å². The van der Waals surface area contributed by atoms with Crippen molar-refractivity contribution in [1.29, 1.82) is 5.26 Å². The number of likely N-dealkylation sites (N-methyl/N-ethyl adjacent to an activating group) is 1. The lowest BCUT2D eigenvalue weighted by atomic mass is 10.2. The highest BCUT2D eigenvalue weighted by Gasteiger charge is 2.09. The molecule has 20 heavy (non-hydrogen) atoms. The van der Waals surface area contributed by atoms with Crippen LogP contribution in [0.25, 0.3) is 11.0 Å². The van der Waals surface area contributed by atoms with E-state index in [-0.39, 0.29) is 0 Å². The lowest BCUT2D eigenvalue weighted by molar-refractivity contribution is 0.277. The van der Waals surface area contributed by atoms with Crippen LogP contribution in [0.3, 0.4) is 0 Å². The summed E-state index contributed by atoms with van der Waals surface area (Å²) in [6.45, 7) is 8.35. The lowest BCUT2D eigenvalue weighted by Gasteiger charge is -2.19. The summed E-state index contributed by atoms with van der Waals surface area (Å²) in [7, 11) is 0. The van der Waals surface area contributed by atoms with Gasteiger partial charge in [0.25, 0.3) is 0 Å². The molecular weight excluding hydrogens is 268 g/mol. The van der Waals surface area contributed by atoms with E-state index in [1.165, 1.54) is 0 Å². The van der Waals surface area contributed by atoms with Crippen molar-refractivity contribution in [2.75, 3.05) is 19.6 Å². The second kappa shape index (κ2) is 6.69. The van der Waals surface area contributed by atoms with Gasteiger partial charge in [-0.1, -0.05) is 19.9 Å². The summed E-state index contributed by atoms with van der Waals surface area (Å²) in [6, 6.07) is 7.94. The van der Waals surface area contributed by atoms with Gasteiger partial charge in [0.1, 0.15) is 6.07 Å². The fourth-order valence-corrected chi connectivity index (χ4v) is 2.77. The van der Waals surface area contributed by atoms with Gasteiger partial charge in [-0.25, -0.2) is 0 Å². The van der Waals surface area contributed by atoms with Crippen LogP contribution < -0.4 is 0 Å². The van der Waals surface area contributed by atoms with Crippen molar-refractivity contribution < 1.29 is 0 Å². The van der Waals surface area contributed by atoms with Crippen LogP contribution in [0.4, 0.5) is 0 Å². The Balaban J connectivity index is 2.29. The van der Waals surface area contributed by atoms with Gasteiger partial charge in [0.2, 0.25) is 0 Å². The number of rotatable bonds is 6. The van der Waals surface area contributed by atoms with E-state index in [0.717, 1.165) is 43.6 Å². The summed E-state index contributed by atoms with van der Waals surface area (Å²) in [5.74, 6) is 0. The predicted molar refractivity (Wildman–Crippen MR) is 84.2 cm³/mol. The molecule has 0 aliphatic rings. The Labute approximate surface area is 124 Å². The minimum absolute atomic E-state index is 0.647. The first-order valence-electron chi connectivity index (χ1n) is 7.05. The molecule has 2 aromatic rings. The van der Waals surface area contributed by atoms with E-state index in [1.54, 1.807) is 0 Å². The molecule has 1 aromatic carbocycles. The minimum atomic E-state index is 0.647. The zero-order valence-electron chi connectivity index (χ0n) is 12.0. The molecule has 0 saturated heterocycles. The standard InChI is InChI=1S/C15H20N4S/c1-3-8-18(4-2)9-10-19-13-7-5-6-12(11-16)14(13)17-15(19)20/h5-7H,3-4,8-10H2,1-2H3,(H,17,20). The summed E-state index contributed by atoms with van der Waals surface area (Å²) in [4.78, 5) is 5.57. The van der Waals surface area contributed by atoms with E-state index in [2.05, 4.69) is 34.4 Å². The molecule has 4 nitrogen and oxygen atoms in total. The molecule has 0 aliphatic carbocycles. The molecule has 0 aliphatic heterocycles. The van der Waals surface area contributed by atoms with Gasteiger partial charge in [-0.15, -0.1) is 0 Å². The van der Waals surface area contributed by atoms with Crippen molar-refractivity contribution >= 4 is 23.3 Å². The number of hydrogen-bond donors (Lipinski definition) is 1. The van der Waals surface area contributed by atoms with Gasteiger partial charge in [-0.05, 0) is 43.9 Å². The summed E-state index contributed by atoms with van der Waals surface area (Å²) >= 11 is 5.39. The molecule has 0 atom stereocenters. The van der Waals surface area contributed by atoms with Gasteiger partial charge in [0.15, 0.2) is 4.77 Å². The lowest BCUT2D eigenvalue weighted by Crippen LogP contribution is -2.28. The van der Waals surface area contributed by atoms with Crippen LogP contribution in [-0.2, 0) is 6.54 Å². The van der Waals surface area contributed by atoms with Gasteiger partial charge in [0.05, 0.1) is 16.6 Å². The quantitative estimate of drug-likeness (QED) is 0.830. The van der Waals surface area contributed by atoms with E-state index >= 15 is 0 Å². The average molecular weight is 288 g/mol. The Morgan fingerprint density at radius 2 is 2.15 bits per heavy atom. The molecule has 0 fully saturated rings. The number of fused-ring (bicyclic) bond motifs is 1. The Hall–Kier alpha value is -1.64. The molecule has 1 heterocycles. The molecule has 1 aromatic heterocycles. The van der Waals surface area contributed by atoms with Crippen LogP contribution >= 0.6 is 12.2 Å². The maximum absolute atomic E-state index is 9.14. The van der Waals surface area contributed by atoms with Crippen molar-refractivity contribution in [2.24, 2.45) is 0 Å². The average Bonchev–Trinajstić information content (AvgIpc) is 2.79. The zero-order chi connectivity index (χ0) is 14.5. The zero-order valence-corrected chi connectivity index (χ0v) is 12.8. The molecule has 0 saturated carbocycles. The fourth-order valence-electron chi connectivity index (χ4n) is 2.48. The van der Waals surface area contributed by atoms with Gasteiger partial charge in [-0.3, -0.25) is 0 Å². The summed E-state index contributed by atoms with van der Waals surface area (Å²) in [6.07, 6.45) is 1.16. The highest BCUT2D eigenvalue weighted by molar-refractivity contribution is 7.71. The number of nitriles is 1. The second-order valence-electron chi connectivity index (χ2n) is 4.83. The number of para-hydroxylation sites is 1. The SMILES string of the molecule is CCCN(CC)CCn1c(=S)[nH]c2c(C#N)cccc21. The third-order valence-corrected chi connectivity index (χ3v) is 3.88. The molecular formula is C15H20N4S. The van der Waals surface area contributed by atoms with E-state index in [1.807, 2.05) is 18.2 Å². The first-order chi connectivity index (χ1) is 9.71. The van der Waals surface area contributed by atoms with Crippen molar-refractivity contribution in [2.45, 2.75) is 26.8 Å². The predicted octanol–water partition coefficient (Wildman–Crippen LogP) is 3.30. The smallest absolute Gasteiger partial charge is 0.178 e. The Kier molecular flexibility index (Phi) is 4.94. The molecule has 0 radical (unpaired) electrons. The number of hydrogen-bond acceptors (Lipinski definition) is 3. The largest absolute Gasteiger partial charge is 0.329 e. The summed E-state index contributed by atoms with van der Waals surface area (Å²) < 4.78 is 2.78. The molecule has 0 bridgehead atoms. The highest BCUT2D eigenvalue weighted by atomic mass is 32.1. The summed E-state index contributed by atoms with van der Waals surface area (Å²) in [5.41, 5.74) is 2.51. The number of aromatic amines is 1. The Morgan fingerprint density at radius 3 is 2.80 bits per heavy atom. The van der Waals surface area contributed by atoms with Crippen LogP contribution in [-0.4, -0.2) is 34.1 Å². The Morgan fingerprint density at radius 1 is 1.35 bits per heavy atom. The topological polar surface area (TPSA) is 47.8 Å². The fraction of sp³-hybridized carbons (Fsp3) is 0.467. The number of benzene rings is 1. The van der Waals surface area contributed by atoms with Crippen molar-refractivity contribution in [3.05, 3.63) is 28.5 Å². The molecule has 0 unspecified atom stereocenters. The third-order valence-electron chi connectivity index (χ3n) is 3.56. The van der Waals surface area contributed by atoms with Crippen LogP contribution in [0.1, 0.15) is 25.8 Å². The maximum atomic E-state index is 9.14. The van der Waals surface area contributed by atoms with Gasteiger partial charge in [-0.2, -0.15) is 5.26 Å². The molecule has 0 spiro atoms. The molecule has 106 valence electrons. The third kappa shape index (κ3) is 2.92. The normalized spacial score (nSPS) is 11.1. The number of H-pyrrole nitrogens is 1. The van der Waals surface area contributed by atoms with Gasteiger partial charge in [0, 0.05) is 13.1 Å². The molecule has 2 rings (SSSR count). The number of imidazole rings is 1. The molecule has 5 heteroatoms. The molecule has 1 N–H and O–H groups in total. The Bertz CT molecular complexity index is 677. The van der Waals surface area contributed by atoms with E-state index < -0.39 is 0 Å². The van der Waals surface area contributed by atoms with Crippen LogP contribution in [0.2, 0.25) is 0 Å². The van der Waals surface area contributed by atoms with Gasteiger partial charge < -0.3 is 14.5 Å². The van der Waals surface area contributed by atoms with Crippen LogP contribution in [0, 0.1) is 16.1 Å². The van der Waals surface area contributed by atoms with Crippen molar-refractivity contribution in [3.63, 3.8) is 0 Å². The number of nitrogens with one attached hydrogen (secondary N) is 1. The van der Waals surface area contributed by atoms with Crippen molar-refractivity contribution in [3.8, 4) is 6.07 Å². The number of aromatic nitrogens is 2. The van der Waals surface area contributed by atoms with Crippen molar-refractivity contribution in [1.82, 2.24) is 14.5 Å².